The smallest absolute Gasteiger partial charge is 0.226 e. The van der Waals surface area contributed by atoms with E-state index < -0.39 is 27.6 Å². The molecule has 0 saturated heterocycles. The molecule has 0 aliphatic carbocycles. The number of aromatic nitrogens is 2. The molecule has 0 bridgehead atoms. The summed E-state index contributed by atoms with van der Waals surface area (Å²) >= 11 is 0. The fourth-order valence-corrected chi connectivity index (χ4v) is 11.6. The Morgan fingerprint density at radius 3 is 1.58 bits per heavy atom. The molecule has 1 aromatic carbocycles. The van der Waals surface area contributed by atoms with Crippen molar-refractivity contribution < 1.29 is 17.7 Å². The molecular formula is C26H44F3N2P2+. The van der Waals surface area contributed by atoms with Crippen LogP contribution < -0.4 is 4.57 Å². The van der Waals surface area contributed by atoms with Crippen molar-refractivity contribution in [2.24, 2.45) is 0 Å². The molecule has 33 heavy (non-hydrogen) atoms. The third-order valence-corrected chi connectivity index (χ3v) is 13.7. The maximum absolute atomic E-state index is 13.6. The summed E-state index contributed by atoms with van der Waals surface area (Å²) in [6.45, 7) is 27.2. The van der Waals surface area contributed by atoms with E-state index in [1.165, 1.54) is 12.1 Å². The molecule has 0 atom stereocenters. The molecule has 2 rings (SSSR count). The van der Waals surface area contributed by atoms with Crippen LogP contribution in [0.2, 0.25) is 0 Å². The molecule has 0 N–H and O–H groups in total. The quantitative estimate of drug-likeness (QED) is 0.291. The van der Waals surface area contributed by atoms with Gasteiger partial charge >= 0.3 is 6.18 Å². The molecule has 0 aliphatic rings. The summed E-state index contributed by atoms with van der Waals surface area (Å²) in [5, 5.41) is 0.425. The minimum Gasteiger partial charge on any atom is -0.226 e. The molecule has 2 nitrogen and oxygen atoms in total. The highest BCUT2D eigenvalue weighted by Crippen LogP contribution is 2.61. The van der Waals surface area contributed by atoms with Crippen LogP contribution in [-0.2, 0) is 18.7 Å². The first kappa shape index (κ1) is 28.6. The summed E-state index contributed by atoms with van der Waals surface area (Å²) in [6, 6.07) is 4.25. The van der Waals surface area contributed by atoms with Gasteiger partial charge in [-0.25, -0.2) is 9.13 Å². The van der Waals surface area contributed by atoms with Crippen molar-refractivity contribution >= 4 is 26.9 Å². The third kappa shape index (κ3) is 6.94. The van der Waals surface area contributed by atoms with E-state index in [1.807, 2.05) is 0 Å². The molecule has 0 amide bonds. The van der Waals surface area contributed by atoms with E-state index in [1.54, 1.807) is 6.07 Å². The Morgan fingerprint density at radius 1 is 0.727 bits per heavy atom. The lowest BCUT2D eigenvalue weighted by atomic mass is 10.2. The molecule has 7 heteroatoms. The maximum atomic E-state index is 13.6. The zero-order chi connectivity index (χ0) is 25.8. The summed E-state index contributed by atoms with van der Waals surface area (Å²) in [4.78, 5) is 0. The van der Waals surface area contributed by atoms with Crippen molar-refractivity contribution in [2.45, 2.75) is 122 Å². The van der Waals surface area contributed by atoms with Crippen LogP contribution in [0, 0.1) is 0 Å². The Kier molecular flexibility index (Phi) is 7.87. The van der Waals surface area contributed by atoms with Gasteiger partial charge in [-0.3, -0.25) is 0 Å². The number of alkyl halides is 3. The second-order valence-corrected chi connectivity index (χ2v) is 20.7. The van der Waals surface area contributed by atoms with E-state index in [0.29, 0.717) is 5.52 Å². The first-order valence-corrected chi connectivity index (χ1v) is 14.7. The van der Waals surface area contributed by atoms with E-state index in [9.17, 15) is 13.2 Å². The standard InChI is InChI=1S/C26H44F3N2P2/c1-22(2,3)32(23(4,5)6)17-30-16-31(18-33(24(7,8)9)25(10,11)12)21-15-19(26(27,28)29)13-14-20(21)30/h13-16H,17-18H2,1-12H3/q+1. The van der Waals surface area contributed by atoms with E-state index in [2.05, 4.69) is 98.5 Å². The summed E-state index contributed by atoms with van der Waals surface area (Å²) in [5.41, 5.74) is 0.997. The van der Waals surface area contributed by atoms with E-state index in [0.717, 1.165) is 18.1 Å². The largest absolute Gasteiger partial charge is 0.416 e. The minimum atomic E-state index is -4.35. The Balaban J connectivity index is 2.71. The molecule has 188 valence electrons. The zero-order valence-corrected chi connectivity index (χ0v) is 24.4. The predicted molar refractivity (Wildman–Crippen MR) is 140 cm³/mol. The van der Waals surface area contributed by atoms with Gasteiger partial charge in [0.15, 0.2) is 11.0 Å². The fraction of sp³-hybridized carbons (Fsp3) is 0.731. The molecule has 0 saturated carbocycles. The summed E-state index contributed by atoms with van der Waals surface area (Å²) < 4.78 is 45.1. The van der Waals surface area contributed by atoms with Crippen molar-refractivity contribution in [1.82, 2.24) is 4.57 Å². The SMILES string of the molecule is CC(C)(C)P(Cn1c[n+](CP(C(C)(C)C)C(C)(C)C)c2ccc(C(F)(F)F)cc21)C(C)(C)C. The van der Waals surface area contributed by atoms with Crippen LogP contribution in [0.15, 0.2) is 24.5 Å². The molecule has 0 aliphatic heterocycles. The van der Waals surface area contributed by atoms with Crippen molar-refractivity contribution in [2.75, 3.05) is 0 Å². The molecule has 0 radical (unpaired) electrons. The van der Waals surface area contributed by atoms with Crippen molar-refractivity contribution in [3.05, 3.63) is 30.1 Å². The lowest BCUT2D eigenvalue weighted by Gasteiger charge is -2.40. The molecule has 0 spiro atoms. The number of rotatable bonds is 4. The van der Waals surface area contributed by atoms with Crippen LogP contribution in [-0.4, -0.2) is 25.2 Å². The first-order valence-electron chi connectivity index (χ1n) is 11.7. The molecular weight excluding hydrogens is 459 g/mol. The van der Waals surface area contributed by atoms with E-state index in [-0.39, 0.29) is 20.6 Å². The highest BCUT2D eigenvalue weighted by molar-refractivity contribution is 7.60. The van der Waals surface area contributed by atoms with Crippen LogP contribution in [0.4, 0.5) is 13.2 Å². The highest BCUT2D eigenvalue weighted by Gasteiger charge is 2.40. The molecule has 0 unspecified atom stereocenters. The number of halogens is 3. The molecule has 2 aromatic rings. The van der Waals surface area contributed by atoms with Gasteiger partial charge in [0.1, 0.15) is 12.6 Å². The van der Waals surface area contributed by atoms with E-state index in [4.69, 9.17) is 0 Å². The van der Waals surface area contributed by atoms with Crippen molar-refractivity contribution in [3.8, 4) is 0 Å². The topological polar surface area (TPSA) is 8.81 Å². The lowest BCUT2D eigenvalue weighted by Crippen LogP contribution is -2.38. The van der Waals surface area contributed by atoms with Gasteiger partial charge < -0.3 is 0 Å². The van der Waals surface area contributed by atoms with Crippen LogP contribution in [0.1, 0.15) is 88.6 Å². The average Bonchev–Trinajstić information content (AvgIpc) is 2.89. The Bertz CT molecular complexity index is 937. The summed E-state index contributed by atoms with van der Waals surface area (Å²) in [6.07, 6.45) is -0.683. The zero-order valence-electron chi connectivity index (χ0n) is 22.6. The highest BCUT2D eigenvalue weighted by atomic mass is 31.1. The van der Waals surface area contributed by atoms with Gasteiger partial charge in [0.25, 0.3) is 0 Å². The van der Waals surface area contributed by atoms with Crippen LogP contribution in [0.5, 0.6) is 0 Å². The lowest BCUT2D eigenvalue weighted by molar-refractivity contribution is -0.652. The van der Waals surface area contributed by atoms with E-state index >= 15 is 0 Å². The number of fused-ring (bicyclic) bond motifs is 1. The number of benzene rings is 1. The van der Waals surface area contributed by atoms with Crippen LogP contribution >= 0.6 is 15.8 Å². The maximum Gasteiger partial charge on any atom is 0.416 e. The van der Waals surface area contributed by atoms with Gasteiger partial charge in [-0.2, -0.15) is 13.2 Å². The Hall–Kier alpha value is -0.660. The van der Waals surface area contributed by atoms with Crippen LogP contribution in [0.25, 0.3) is 11.0 Å². The van der Waals surface area contributed by atoms with Crippen molar-refractivity contribution in [1.29, 1.82) is 0 Å². The first-order chi connectivity index (χ1) is 14.5. The fourth-order valence-electron chi connectivity index (χ4n) is 4.86. The molecule has 0 fully saturated rings. The van der Waals surface area contributed by atoms with Gasteiger partial charge in [0.05, 0.1) is 5.56 Å². The number of hydrogen-bond donors (Lipinski definition) is 0. The molecule has 1 aromatic heterocycles. The van der Waals surface area contributed by atoms with Crippen molar-refractivity contribution in [3.63, 3.8) is 0 Å². The monoisotopic (exact) mass is 503 g/mol. The second-order valence-electron chi connectivity index (χ2n) is 13.1. The van der Waals surface area contributed by atoms with Gasteiger partial charge in [0, 0.05) is 6.07 Å². The molecule has 1 heterocycles. The third-order valence-electron chi connectivity index (χ3n) is 6.03. The normalized spacial score (nSPS) is 14.7. The minimum absolute atomic E-state index is 0.0834. The Labute approximate surface area is 201 Å². The summed E-state index contributed by atoms with van der Waals surface area (Å²) in [7, 11) is -0.950. The van der Waals surface area contributed by atoms with Gasteiger partial charge in [0.2, 0.25) is 6.33 Å². The van der Waals surface area contributed by atoms with Crippen LogP contribution in [0.3, 0.4) is 0 Å². The number of nitrogens with zero attached hydrogens (tertiary/aromatic N) is 2. The van der Waals surface area contributed by atoms with Gasteiger partial charge in [-0.1, -0.05) is 98.9 Å². The van der Waals surface area contributed by atoms with Gasteiger partial charge in [-0.05, 0) is 32.8 Å². The summed E-state index contributed by atoms with van der Waals surface area (Å²) in [5.74, 6) is 0. The number of hydrogen-bond acceptors (Lipinski definition) is 0. The Morgan fingerprint density at radius 2 is 1.18 bits per heavy atom. The number of imidazole rings is 1. The average molecular weight is 504 g/mol. The van der Waals surface area contributed by atoms with Gasteiger partial charge in [-0.15, -0.1) is 0 Å². The second kappa shape index (κ2) is 9.09. The predicted octanol–water partition coefficient (Wildman–Crippen LogP) is 9.02.